The Balaban J connectivity index is 2.34. The number of carbonyl (C=O) groups excluding carboxylic acids is 3. The molecule has 0 aliphatic heterocycles. The van der Waals surface area contributed by atoms with Crippen molar-refractivity contribution < 1.29 is 19.1 Å². The minimum atomic E-state index is -0.555. The van der Waals surface area contributed by atoms with E-state index in [0.29, 0.717) is 30.5 Å². The van der Waals surface area contributed by atoms with Gasteiger partial charge in [-0.25, -0.2) is 4.79 Å². The Labute approximate surface area is 135 Å². The van der Waals surface area contributed by atoms with Crippen LogP contribution in [0.25, 0.3) is 0 Å². The van der Waals surface area contributed by atoms with Crippen LogP contribution in [-0.4, -0.2) is 29.3 Å². The van der Waals surface area contributed by atoms with E-state index in [0.717, 1.165) is 0 Å². The van der Waals surface area contributed by atoms with E-state index in [9.17, 15) is 14.4 Å². The number of hydrogen-bond acceptors (Lipinski definition) is 4. The molecule has 1 amide bonds. The van der Waals surface area contributed by atoms with Crippen LogP contribution in [0.2, 0.25) is 0 Å². The Morgan fingerprint density at radius 2 is 1.64 bits per heavy atom. The second-order valence-electron chi connectivity index (χ2n) is 5.81. The predicted molar refractivity (Wildman–Crippen MR) is 84.4 cm³/mol. The SMILES string of the molecule is CC(C)(C)OC(=O)NCCCC(=O)c1ccc(C(=O)Cl)cc1. The number of hydrogen-bond donors (Lipinski definition) is 1. The van der Waals surface area contributed by atoms with Gasteiger partial charge in [0.1, 0.15) is 5.60 Å². The molecule has 0 radical (unpaired) electrons. The fraction of sp³-hybridized carbons (Fsp3) is 0.438. The fourth-order valence-corrected chi connectivity index (χ4v) is 1.81. The summed E-state index contributed by atoms with van der Waals surface area (Å²) in [5.74, 6) is -0.0560. The Bertz CT molecular complexity index is 546. The van der Waals surface area contributed by atoms with E-state index >= 15 is 0 Å². The van der Waals surface area contributed by atoms with Gasteiger partial charge in [0, 0.05) is 24.1 Å². The van der Waals surface area contributed by atoms with E-state index in [2.05, 4.69) is 5.32 Å². The molecule has 1 aromatic rings. The van der Waals surface area contributed by atoms with Gasteiger partial charge in [-0.2, -0.15) is 0 Å². The highest BCUT2D eigenvalue weighted by Gasteiger charge is 2.15. The van der Waals surface area contributed by atoms with Crippen LogP contribution in [0.15, 0.2) is 24.3 Å². The lowest BCUT2D eigenvalue weighted by Gasteiger charge is -2.19. The third kappa shape index (κ3) is 6.72. The summed E-state index contributed by atoms with van der Waals surface area (Å²) in [5, 5.41) is 2.04. The van der Waals surface area contributed by atoms with Crippen molar-refractivity contribution in [3.8, 4) is 0 Å². The summed E-state index contributed by atoms with van der Waals surface area (Å²) in [7, 11) is 0. The van der Waals surface area contributed by atoms with Gasteiger partial charge in [0.05, 0.1) is 0 Å². The van der Waals surface area contributed by atoms with Gasteiger partial charge >= 0.3 is 6.09 Å². The molecule has 0 bridgehead atoms. The maximum absolute atomic E-state index is 11.9. The van der Waals surface area contributed by atoms with Crippen LogP contribution in [0.5, 0.6) is 0 Å². The lowest BCUT2D eigenvalue weighted by molar-refractivity contribution is 0.0525. The first-order valence-corrected chi connectivity index (χ1v) is 7.37. The van der Waals surface area contributed by atoms with Crippen molar-refractivity contribution >= 4 is 28.7 Å². The minimum Gasteiger partial charge on any atom is -0.444 e. The molecule has 1 aromatic carbocycles. The van der Waals surface area contributed by atoms with Gasteiger partial charge in [-0.1, -0.05) is 12.1 Å². The standard InChI is InChI=1S/C16H20ClNO4/c1-16(2,3)22-15(21)18-10-4-5-13(19)11-6-8-12(9-7-11)14(17)20/h6-9H,4-5,10H2,1-3H3,(H,18,21). The summed E-state index contributed by atoms with van der Waals surface area (Å²) < 4.78 is 5.09. The Hall–Kier alpha value is -1.88. The number of amides is 1. The zero-order chi connectivity index (χ0) is 16.8. The molecule has 0 spiro atoms. The number of nitrogens with one attached hydrogen (secondary N) is 1. The quantitative estimate of drug-likeness (QED) is 0.493. The van der Waals surface area contributed by atoms with Gasteiger partial charge in [0.25, 0.3) is 5.24 Å². The molecule has 0 unspecified atom stereocenters. The van der Waals surface area contributed by atoms with Crippen LogP contribution in [0.1, 0.15) is 54.3 Å². The molecule has 120 valence electrons. The molecule has 0 aliphatic rings. The van der Waals surface area contributed by atoms with Crippen molar-refractivity contribution in [3.63, 3.8) is 0 Å². The van der Waals surface area contributed by atoms with E-state index in [-0.39, 0.29) is 5.78 Å². The monoisotopic (exact) mass is 325 g/mol. The highest BCUT2D eigenvalue weighted by atomic mass is 35.5. The molecular formula is C16H20ClNO4. The van der Waals surface area contributed by atoms with Crippen molar-refractivity contribution in [3.05, 3.63) is 35.4 Å². The Kier molecular flexibility index (Phi) is 6.56. The average molecular weight is 326 g/mol. The highest BCUT2D eigenvalue weighted by Crippen LogP contribution is 2.10. The largest absolute Gasteiger partial charge is 0.444 e. The van der Waals surface area contributed by atoms with Crippen molar-refractivity contribution in [2.45, 2.75) is 39.2 Å². The van der Waals surface area contributed by atoms with Crippen LogP contribution in [-0.2, 0) is 4.74 Å². The normalized spacial score (nSPS) is 10.9. The first kappa shape index (κ1) is 18.2. The van der Waals surface area contributed by atoms with E-state index in [1.54, 1.807) is 32.9 Å². The van der Waals surface area contributed by atoms with E-state index in [4.69, 9.17) is 16.3 Å². The summed E-state index contributed by atoms with van der Waals surface area (Å²) in [5.41, 5.74) is 0.324. The lowest BCUT2D eigenvalue weighted by Crippen LogP contribution is -2.33. The zero-order valence-corrected chi connectivity index (χ0v) is 13.7. The molecule has 22 heavy (non-hydrogen) atoms. The molecule has 0 atom stereocenters. The number of Topliss-reactive ketones (excluding diaryl/α,β-unsaturated/α-hetero) is 1. The number of halogens is 1. The molecule has 1 N–H and O–H groups in total. The van der Waals surface area contributed by atoms with Crippen molar-refractivity contribution in [1.29, 1.82) is 0 Å². The number of ketones is 1. The maximum Gasteiger partial charge on any atom is 0.407 e. The number of ether oxygens (including phenoxy) is 1. The van der Waals surface area contributed by atoms with Crippen LogP contribution < -0.4 is 5.32 Å². The summed E-state index contributed by atoms with van der Waals surface area (Å²) in [4.78, 5) is 34.3. The Morgan fingerprint density at radius 3 is 2.14 bits per heavy atom. The lowest BCUT2D eigenvalue weighted by atomic mass is 10.1. The van der Waals surface area contributed by atoms with Gasteiger partial charge in [-0.05, 0) is 50.9 Å². The van der Waals surface area contributed by atoms with Gasteiger partial charge in [0.15, 0.2) is 5.78 Å². The van der Waals surface area contributed by atoms with E-state index in [1.165, 1.54) is 12.1 Å². The number of benzene rings is 1. The molecule has 0 aliphatic carbocycles. The van der Waals surface area contributed by atoms with Gasteiger partial charge in [-0.3, -0.25) is 9.59 Å². The maximum atomic E-state index is 11.9. The number of alkyl carbamates (subject to hydrolysis) is 1. The van der Waals surface area contributed by atoms with E-state index in [1.807, 2.05) is 0 Å². The molecule has 5 nitrogen and oxygen atoms in total. The first-order chi connectivity index (χ1) is 10.2. The van der Waals surface area contributed by atoms with Gasteiger partial charge < -0.3 is 10.1 Å². The summed E-state index contributed by atoms with van der Waals surface area (Å²) >= 11 is 5.34. The summed E-state index contributed by atoms with van der Waals surface area (Å²) in [6.07, 6.45) is 0.308. The summed E-state index contributed by atoms with van der Waals surface area (Å²) in [6.45, 7) is 5.71. The molecular weight excluding hydrogens is 306 g/mol. The van der Waals surface area contributed by atoms with Crippen molar-refractivity contribution in [2.24, 2.45) is 0 Å². The van der Waals surface area contributed by atoms with E-state index < -0.39 is 16.9 Å². The van der Waals surface area contributed by atoms with Gasteiger partial charge in [-0.15, -0.1) is 0 Å². The van der Waals surface area contributed by atoms with Gasteiger partial charge in [0.2, 0.25) is 0 Å². The fourth-order valence-electron chi connectivity index (χ4n) is 1.69. The Morgan fingerprint density at radius 1 is 1.09 bits per heavy atom. The number of carbonyl (C=O) groups is 3. The van der Waals surface area contributed by atoms with Crippen molar-refractivity contribution in [1.82, 2.24) is 5.32 Å². The predicted octanol–water partition coefficient (Wildman–Crippen LogP) is 3.55. The highest BCUT2D eigenvalue weighted by molar-refractivity contribution is 6.67. The molecule has 0 saturated heterocycles. The van der Waals surface area contributed by atoms with Crippen LogP contribution >= 0.6 is 11.6 Å². The van der Waals surface area contributed by atoms with Crippen molar-refractivity contribution in [2.75, 3.05) is 6.54 Å². The second kappa shape index (κ2) is 7.94. The number of rotatable bonds is 6. The third-order valence-corrected chi connectivity index (χ3v) is 2.90. The topological polar surface area (TPSA) is 72.5 Å². The van der Waals surface area contributed by atoms with Crippen LogP contribution in [0, 0.1) is 0 Å². The smallest absolute Gasteiger partial charge is 0.407 e. The minimum absolute atomic E-state index is 0.0560. The molecule has 0 saturated carbocycles. The third-order valence-electron chi connectivity index (χ3n) is 2.68. The summed E-state index contributed by atoms with van der Waals surface area (Å²) in [6, 6.07) is 6.17. The zero-order valence-electron chi connectivity index (χ0n) is 12.9. The molecule has 0 fully saturated rings. The van der Waals surface area contributed by atoms with Crippen LogP contribution in [0.3, 0.4) is 0 Å². The molecule has 0 heterocycles. The van der Waals surface area contributed by atoms with Crippen LogP contribution in [0.4, 0.5) is 4.79 Å². The molecule has 6 heteroatoms. The molecule has 0 aromatic heterocycles. The first-order valence-electron chi connectivity index (χ1n) is 6.99. The second-order valence-corrected chi connectivity index (χ2v) is 6.15. The molecule has 1 rings (SSSR count). The average Bonchev–Trinajstić information content (AvgIpc) is 2.41.